The Morgan fingerprint density at radius 1 is 1.26 bits per heavy atom. The Labute approximate surface area is 121 Å². The van der Waals surface area contributed by atoms with E-state index in [4.69, 9.17) is 0 Å². The minimum Gasteiger partial charge on any atom is -0.292 e. The second-order valence-corrected chi connectivity index (χ2v) is 7.85. The van der Waals surface area contributed by atoms with Crippen molar-refractivity contribution in [1.29, 1.82) is 0 Å². The molecule has 5 rings (SSSR count). The summed E-state index contributed by atoms with van der Waals surface area (Å²) < 4.78 is 2.60. The third-order valence-electron chi connectivity index (χ3n) is 5.63. The quantitative estimate of drug-likeness (QED) is 0.780. The van der Waals surface area contributed by atoms with E-state index in [0.29, 0.717) is 5.78 Å². The highest BCUT2D eigenvalue weighted by Crippen LogP contribution is 2.61. The number of hydrogen-bond donors (Lipinski definition) is 0. The number of aromatic nitrogens is 2. The Balaban J connectivity index is 1.74. The van der Waals surface area contributed by atoms with E-state index >= 15 is 0 Å². The molecule has 0 saturated heterocycles. The number of rotatable bonds is 2. The number of carbonyl (C=O) groups is 1. The zero-order chi connectivity index (χ0) is 13.2. The summed E-state index contributed by atoms with van der Waals surface area (Å²) in [5.41, 5.74) is 0.715. The van der Waals surface area contributed by atoms with Crippen LogP contribution in [0.25, 0.3) is 0 Å². The molecule has 4 aliphatic rings. The number of halogens is 1. The van der Waals surface area contributed by atoms with E-state index in [1.165, 1.54) is 19.3 Å². The van der Waals surface area contributed by atoms with Crippen molar-refractivity contribution < 1.29 is 4.79 Å². The average molecular weight is 323 g/mol. The van der Waals surface area contributed by atoms with Gasteiger partial charge in [0, 0.05) is 12.5 Å². The fourth-order valence-corrected chi connectivity index (χ4v) is 5.83. The third kappa shape index (κ3) is 1.68. The molecule has 4 heteroatoms. The highest BCUT2D eigenvalue weighted by Gasteiger charge is 2.55. The first-order valence-corrected chi connectivity index (χ1v) is 8.09. The SMILES string of the molecule is Cn1ncc(Br)c1C(=O)C12CC3CC(CC(C3)C1)C2. The normalized spacial score (nSPS) is 39.8. The van der Waals surface area contributed by atoms with Gasteiger partial charge in [-0.3, -0.25) is 9.48 Å². The van der Waals surface area contributed by atoms with Crippen LogP contribution in [-0.2, 0) is 7.05 Å². The molecule has 4 bridgehead atoms. The van der Waals surface area contributed by atoms with Crippen LogP contribution in [0.5, 0.6) is 0 Å². The topological polar surface area (TPSA) is 34.9 Å². The monoisotopic (exact) mass is 322 g/mol. The largest absolute Gasteiger partial charge is 0.292 e. The van der Waals surface area contributed by atoms with E-state index in [1.54, 1.807) is 10.9 Å². The molecule has 0 atom stereocenters. The van der Waals surface area contributed by atoms with Gasteiger partial charge in [0.25, 0.3) is 0 Å². The van der Waals surface area contributed by atoms with Gasteiger partial charge in [0.05, 0.1) is 10.7 Å². The van der Waals surface area contributed by atoms with Gasteiger partial charge in [0.15, 0.2) is 5.78 Å². The molecule has 4 fully saturated rings. The van der Waals surface area contributed by atoms with Gasteiger partial charge < -0.3 is 0 Å². The van der Waals surface area contributed by atoms with Crippen LogP contribution >= 0.6 is 15.9 Å². The fourth-order valence-electron chi connectivity index (χ4n) is 5.31. The number of nitrogens with zero attached hydrogens (tertiary/aromatic N) is 2. The lowest BCUT2D eigenvalue weighted by Gasteiger charge is -2.55. The first kappa shape index (κ1) is 12.1. The van der Waals surface area contributed by atoms with Crippen LogP contribution in [0.15, 0.2) is 10.7 Å². The van der Waals surface area contributed by atoms with Gasteiger partial charge in [-0.2, -0.15) is 5.10 Å². The molecule has 0 spiro atoms. The second kappa shape index (κ2) is 3.94. The smallest absolute Gasteiger partial charge is 0.188 e. The van der Waals surface area contributed by atoms with Gasteiger partial charge in [0.1, 0.15) is 5.69 Å². The molecule has 0 unspecified atom stereocenters. The summed E-state index contributed by atoms with van der Waals surface area (Å²) in [6.07, 6.45) is 9.23. The number of hydrogen-bond acceptors (Lipinski definition) is 2. The number of carbonyl (C=O) groups excluding carboxylic acids is 1. The first-order chi connectivity index (χ1) is 9.07. The molecule has 4 saturated carbocycles. The van der Waals surface area contributed by atoms with Crippen molar-refractivity contribution in [2.24, 2.45) is 30.2 Å². The summed E-state index contributed by atoms with van der Waals surface area (Å²) in [5, 5.41) is 4.21. The summed E-state index contributed by atoms with van der Waals surface area (Å²) in [6, 6.07) is 0. The van der Waals surface area contributed by atoms with Crippen molar-refractivity contribution in [3.8, 4) is 0 Å². The lowest BCUT2D eigenvalue weighted by molar-refractivity contribution is -0.0358. The zero-order valence-corrected chi connectivity index (χ0v) is 12.8. The summed E-state index contributed by atoms with van der Waals surface area (Å²) in [7, 11) is 1.87. The van der Waals surface area contributed by atoms with E-state index in [1.807, 2.05) is 7.05 Å². The van der Waals surface area contributed by atoms with Crippen LogP contribution in [0.4, 0.5) is 0 Å². The van der Waals surface area contributed by atoms with Crippen molar-refractivity contribution in [2.75, 3.05) is 0 Å². The van der Waals surface area contributed by atoms with Gasteiger partial charge in [-0.05, 0) is 72.2 Å². The molecule has 1 heterocycles. The molecule has 0 aliphatic heterocycles. The number of aryl methyl sites for hydroxylation is 1. The fraction of sp³-hybridized carbons (Fsp3) is 0.733. The summed E-state index contributed by atoms with van der Waals surface area (Å²) in [5.74, 6) is 2.77. The maximum atomic E-state index is 13.1. The molecule has 1 aromatic heterocycles. The van der Waals surface area contributed by atoms with Gasteiger partial charge in [-0.1, -0.05) is 0 Å². The van der Waals surface area contributed by atoms with Crippen LogP contribution < -0.4 is 0 Å². The molecule has 1 aromatic rings. The van der Waals surface area contributed by atoms with Crippen LogP contribution in [0, 0.1) is 23.2 Å². The van der Waals surface area contributed by atoms with Gasteiger partial charge in [0.2, 0.25) is 0 Å². The van der Waals surface area contributed by atoms with Crippen molar-refractivity contribution in [3.63, 3.8) is 0 Å². The Morgan fingerprint density at radius 3 is 2.21 bits per heavy atom. The molecule has 102 valence electrons. The van der Waals surface area contributed by atoms with E-state index in [-0.39, 0.29) is 5.41 Å². The second-order valence-electron chi connectivity index (χ2n) is 6.99. The Bertz CT molecular complexity index is 494. The highest BCUT2D eigenvalue weighted by molar-refractivity contribution is 9.10. The van der Waals surface area contributed by atoms with E-state index < -0.39 is 0 Å². The lowest BCUT2D eigenvalue weighted by Crippen LogP contribution is -2.50. The van der Waals surface area contributed by atoms with E-state index in [0.717, 1.165) is 47.2 Å². The summed E-state index contributed by atoms with van der Waals surface area (Å²) >= 11 is 3.49. The molecule has 4 aliphatic carbocycles. The summed E-state index contributed by atoms with van der Waals surface area (Å²) in [4.78, 5) is 13.1. The molecule has 0 amide bonds. The predicted octanol–water partition coefficient (Wildman–Crippen LogP) is 3.58. The van der Waals surface area contributed by atoms with Crippen molar-refractivity contribution >= 4 is 21.7 Å². The van der Waals surface area contributed by atoms with Gasteiger partial charge >= 0.3 is 0 Å². The molecular weight excluding hydrogens is 304 g/mol. The Morgan fingerprint density at radius 2 is 1.79 bits per heavy atom. The summed E-state index contributed by atoms with van der Waals surface area (Å²) in [6.45, 7) is 0. The van der Waals surface area contributed by atoms with Gasteiger partial charge in [-0.25, -0.2) is 0 Å². The van der Waals surface area contributed by atoms with Crippen molar-refractivity contribution in [2.45, 2.75) is 38.5 Å². The average Bonchev–Trinajstić information content (AvgIpc) is 2.66. The van der Waals surface area contributed by atoms with Crippen LogP contribution in [0.2, 0.25) is 0 Å². The lowest BCUT2D eigenvalue weighted by atomic mass is 9.48. The minimum atomic E-state index is -0.0644. The zero-order valence-electron chi connectivity index (χ0n) is 11.2. The molecule has 0 radical (unpaired) electrons. The van der Waals surface area contributed by atoms with E-state index in [2.05, 4.69) is 21.0 Å². The Hall–Kier alpha value is -0.640. The Kier molecular flexibility index (Phi) is 2.51. The number of Topliss-reactive ketones (excluding diaryl/α,β-unsaturated/α-hetero) is 1. The highest BCUT2D eigenvalue weighted by atomic mass is 79.9. The van der Waals surface area contributed by atoms with Crippen LogP contribution in [-0.4, -0.2) is 15.6 Å². The molecule has 19 heavy (non-hydrogen) atoms. The number of ketones is 1. The maximum absolute atomic E-state index is 13.1. The van der Waals surface area contributed by atoms with Crippen LogP contribution in [0.3, 0.4) is 0 Å². The molecule has 3 nitrogen and oxygen atoms in total. The molecule has 0 N–H and O–H groups in total. The molecular formula is C15H19BrN2O. The first-order valence-electron chi connectivity index (χ1n) is 7.30. The maximum Gasteiger partial charge on any atom is 0.188 e. The third-order valence-corrected chi connectivity index (χ3v) is 6.21. The predicted molar refractivity (Wildman–Crippen MR) is 75.8 cm³/mol. The van der Waals surface area contributed by atoms with Gasteiger partial charge in [-0.15, -0.1) is 0 Å². The standard InChI is InChI=1S/C15H19BrN2O/c1-18-13(12(16)8-17-18)14(19)15-5-9-2-10(6-15)4-11(3-9)7-15/h8-11H,2-7H2,1H3. The van der Waals surface area contributed by atoms with Crippen molar-refractivity contribution in [3.05, 3.63) is 16.4 Å². The molecule has 0 aromatic carbocycles. The van der Waals surface area contributed by atoms with Crippen LogP contribution in [0.1, 0.15) is 49.0 Å². The minimum absolute atomic E-state index is 0.0644. The van der Waals surface area contributed by atoms with Crippen molar-refractivity contribution in [1.82, 2.24) is 9.78 Å². The van der Waals surface area contributed by atoms with E-state index in [9.17, 15) is 4.79 Å².